The number of carbonyl (C=O) groups excluding carboxylic acids is 4. The van der Waals surface area contributed by atoms with Gasteiger partial charge in [0, 0.05) is 22.3 Å². The Morgan fingerprint density at radius 2 is 0.767 bits per heavy atom. The lowest BCUT2D eigenvalue weighted by Crippen LogP contribution is -2.22. The molecule has 0 heterocycles. The van der Waals surface area contributed by atoms with Crippen LogP contribution in [0.4, 0.5) is 0 Å². The first kappa shape index (κ1) is 21.6. The molecule has 0 saturated heterocycles. The van der Waals surface area contributed by atoms with Crippen molar-refractivity contribution >= 4 is 34.3 Å². The standard InChI is InChI=1S/C26H26O4/c1-25(2,3)19-13-21(27)17(11-23(19)29)15-7-9-16(10-8-15)18-12-24(30)20(14-22(18)28)26(4,5)6/h7-14H,1-6H3. The van der Waals surface area contributed by atoms with E-state index >= 15 is 0 Å². The molecule has 154 valence electrons. The Morgan fingerprint density at radius 1 is 0.467 bits per heavy atom. The molecule has 0 fully saturated rings. The van der Waals surface area contributed by atoms with Crippen molar-refractivity contribution in [3.63, 3.8) is 0 Å². The van der Waals surface area contributed by atoms with Crippen molar-refractivity contribution < 1.29 is 19.2 Å². The number of carbonyl (C=O) groups is 4. The van der Waals surface area contributed by atoms with Gasteiger partial charge in [0.05, 0.1) is 0 Å². The Balaban J connectivity index is 1.89. The monoisotopic (exact) mass is 402 g/mol. The van der Waals surface area contributed by atoms with E-state index < -0.39 is 10.8 Å². The lowest BCUT2D eigenvalue weighted by molar-refractivity contribution is -0.114. The van der Waals surface area contributed by atoms with Crippen molar-refractivity contribution in [1.29, 1.82) is 0 Å². The van der Waals surface area contributed by atoms with Gasteiger partial charge in [-0.1, -0.05) is 65.8 Å². The van der Waals surface area contributed by atoms with E-state index in [1.54, 1.807) is 24.3 Å². The average Bonchev–Trinajstić information content (AvgIpc) is 2.63. The normalized spacial score (nSPS) is 18.1. The molecular weight excluding hydrogens is 376 g/mol. The largest absolute Gasteiger partial charge is 0.290 e. The van der Waals surface area contributed by atoms with Gasteiger partial charge >= 0.3 is 0 Å². The smallest absolute Gasteiger partial charge is 0.187 e. The van der Waals surface area contributed by atoms with Crippen LogP contribution in [0, 0.1) is 10.8 Å². The third-order valence-corrected chi connectivity index (χ3v) is 5.29. The van der Waals surface area contributed by atoms with Crippen molar-refractivity contribution in [3.8, 4) is 0 Å². The Bertz CT molecular complexity index is 1000. The maximum atomic E-state index is 12.6. The highest BCUT2D eigenvalue weighted by Gasteiger charge is 2.30. The van der Waals surface area contributed by atoms with Crippen LogP contribution in [-0.4, -0.2) is 23.1 Å². The molecule has 1 aromatic carbocycles. The number of benzene rings is 1. The van der Waals surface area contributed by atoms with Crippen LogP contribution < -0.4 is 0 Å². The highest BCUT2D eigenvalue weighted by molar-refractivity contribution is 6.36. The summed E-state index contributed by atoms with van der Waals surface area (Å²) in [5.41, 5.74) is 2.03. The second-order valence-electron chi connectivity index (χ2n) is 9.77. The number of rotatable bonds is 2. The van der Waals surface area contributed by atoms with Gasteiger partial charge in [-0.15, -0.1) is 0 Å². The second kappa shape index (κ2) is 7.28. The van der Waals surface area contributed by atoms with Crippen LogP contribution in [0.5, 0.6) is 0 Å². The van der Waals surface area contributed by atoms with Crippen LogP contribution in [-0.2, 0) is 19.2 Å². The molecular formula is C26H26O4. The van der Waals surface area contributed by atoms with Gasteiger partial charge in [-0.25, -0.2) is 0 Å². The van der Waals surface area contributed by atoms with E-state index in [0.29, 0.717) is 33.4 Å². The Labute approximate surface area is 177 Å². The molecule has 0 spiro atoms. The van der Waals surface area contributed by atoms with E-state index in [-0.39, 0.29) is 23.1 Å². The first-order valence-corrected chi connectivity index (χ1v) is 9.95. The molecule has 2 aliphatic rings. The summed E-state index contributed by atoms with van der Waals surface area (Å²) in [6.07, 6.45) is 5.59. The van der Waals surface area contributed by atoms with E-state index in [1.807, 2.05) is 41.5 Å². The summed E-state index contributed by atoms with van der Waals surface area (Å²) in [4.78, 5) is 50.1. The molecule has 0 saturated carbocycles. The van der Waals surface area contributed by atoms with Crippen molar-refractivity contribution in [1.82, 2.24) is 0 Å². The molecule has 3 rings (SSSR count). The van der Waals surface area contributed by atoms with Gasteiger partial charge in [0.2, 0.25) is 0 Å². The predicted octanol–water partition coefficient (Wildman–Crippen LogP) is 4.70. The first-order valence-electron chi connectivity index (χ1n) is 9.95. The summed E-state index contributed by atoms with van der Waals surface area (Å²) in [6.45, 7) is 11.4. The molecule has 0 atom stereocenters. The summed E-state index contributed by atoms with van der Waals surface area (Å²) >= 11 is 0. The quantitative estimate of drug-likeness (QED) is 0.673. The highest BCUT2D eigenvalue weighted by atomic mass is 16.1. The predicted molar refractivity (Wildman–Crippen MR) is 118 cm³/mol. The van der Waals surface area contributed by atoms with E-state index in [9.17, 15) is 19.2 Å². The third kappa shape index (κ3) is 4.09. The second-order valence-corrected chi connectivity index (χ2v) is 9.77. The SMILES string of the molecule is CC(C)(C)C1=CC(=O)C(c2ccc(C3=CC(=O)C(C(C)(C)C)=CC3=O)cc2)=CC1=O. The molecule has 0 aromatic heterocycles. The van der Waals surface area contributed by atoms with E-state index in [2.05, 4.69) is 0 Å². The summed E-state index contributed by atoms with van der Waals surface area (Å²) in [5.74, 6) is -0.769. The minimum atomic E-state index is -0.404. The molecule has 0 radical (unpaired) electrons. The lowest BCUT2D eigenvalue weighted by Gasteiger charge is -2.24. The fourth-order valence-electron chi connectivity index (χ4n) is 3.57. The molecule has 1 aromatic rings. The number of hydrogen-bond donors (Lipinski definition) is 0. The van der Waals surface area contributed by atoms with Gasteiger partial charge in [-0.2, -0.15) is 0 Å². The molecule has 0 bridgehead atoms. The van der Waals surface area contributed by atoms with Crippen LogP contribution in [0.2, 0.25) is 0 Å². The van der Waals surface area contributed by atoms with Gasteiger partial charge in [0.1, 0.15) is 0 Å². The average molecular weight is 402 g/mol. The molecule has 30 heavy (non-hydrogen) atoms. The zero-order valence-electron chi connectivity index (χ0n) is 18.3. The van der Waals surface area contributed by atoms with E-state index in [4.69, 9.17) is 0 Å². The Hall–Kier alpha value is -3.14. The van der Waals surface area contributed by atoms with Crippen molar-refractivity contribution in [2.45, 2.75) is 41.5 Å². The number of hydrogen-bond acceptors (Lipinski definition) is 4. The minimum absolute atomic E-state index is 0.170. The topological polar surface area (TPSA) is 68.3 Å². The molecule has 4 heteroatoms. The van der Waals surface area contributed by atoms with E-state index in [0.717, 1.165) is 0 Å². The summed E-state index contributed by atoms with van der Waals surface area (Å²) in [5, 5.41) is 0. The fraction of sp³-hybridized carbons (Fsp3) is 0.308. The lowest BCUT2D eigenvalue weighted by atomic mass is 9.78. The van der Waals surface area contributed by atoms with Crippen LogP contribution in [0.15, 0.2) is 59.7 Å². The van der Waals surface area contributed by atoms with Crippen molar-refractivity contribution in [2.24, 2.45) is 10.8 Å². The zero-order valence-corrected chi connectivity index (χ0v) is 18.3. The van der Waals surface area contributed by atoms with Gasteiger partial charge < -0.3 is 0 Å². The fourth-order valence-corrected chi connectivity index (χ4v) is 3.57. The van der Waals surface area contributed by atoms with Crippen LogP contribution in [0.1, 0.15) is 52.7 Å². The first-order chi connectivity index (χ1) is 13.8. The van der Waals surface area contributed by atoms with Crippen LogP contribution >= 0.6 is 0 Å². The molecule has 0 N–H and O–H groups in total. The molecule has 0 amide bonds. The Morgan fingerprint density at radius 3 is 1.03 bits per heavy atom. The minimum Gasteiger partial charge on any atom is -0.290 e. The molecule has 4 nitrogen and oxygen atoms in total. The van der Waals surface area contributed by atoms with Gasteiger partial charge in [-0.3, -0.25) is 19.2 Å². The number of ketones is 4. The molecule has 2 aliphatic carbocycles. The summed E-state index contributed by atoms with van der Waals surface area (Å²) < 4.78 is 0. The van der Waals surface area contributed by atoms with Crippen molar-refractivity contribution in [3.05, 3.63) is 70.8 Å². The molecule has 0 aliphatic heterocycles. The van der Waals surface area contributed by atoms with E-state index in [1.165, 1.54) is 24.3 Å². The Kier molecular flexibility index (Phi) is 5.23. The third-order valence-electron chi connectivity index (χ3n) is 5.29. The molecule has 0 unspecified atom stereocenters. The maximum Gasteiger partial charge on any atom is 0.187 e. The summed E-state index contributed by atoms with van der Waals surface area (Å²) in [6, 6.07) is 6.79. The van der Waals surface area contributed by atoms with Gasteiger partial charge in [0.25, 0.3) is 0 Å². The number of allylic oxidation sites excluding steroid dienone is 8. The highest BCUT2D eigenvalue weighted by Crippen LogP contribution is 2.34. The van der Waals surface area contributed by atoms with Gasteiger partial charge in [0.15, 0.2) is 23.1 Å². The van der Waals surface area contributed by atoms with Crippen LogP contribution in [0.25, 0.3) is 11.1 Å². The van der Waals surface area contributed by atoms with Crippen molar-refractivity contribution in [2.75, 3.05) is 0 Å². The maximum absolute atomic E-state index is 12.6. The zero-order chi connectivity index (χ0) is 22.4. The summed E-state index contributed by atoms with van der Waals surface area (Å²) in [7, 11) is 0. The van der Waals surface area contributed by atoms with Gasteiger partial charge in [-0.05, 0) is 46.3 Å². The van der Waals surface area contributed by atoms with Crippen LogP contribution in [0.3, 0.4) is 0 Å².